The molecule has 1 N–H and O–H groups in total. The van der Waals surface area contributed by atoms with E-state index in [0.29, 0.717) is 11.3 Å². The molecule has 0 aromatic heterocycles. The Balaban J connectivity index is 2.57. The van der Waals surface area contributed by atoms with Gasteiger partial charge in [-0.1, -0.05) is 47.5 Å². The second kappa shape index (κ2) is 6.56. The lowest BCUT2D eigenvalue weighted by Crippen LogP contribution is -2.13. The first kappa shape index (κ1) is 15.3. The van der Waals surface area contributed by atoms with Crippen molar-refractivity contribution in [3.05, 3.63) is 63.0 Å². The number of benzene rings is 2. The van der Waals surface area contributed by atoms with Gasteiger partial charge < -0.3 is 5.11 Å². The molecular weight excluding hydrogens is 315 g/mol. The maximum absolute atomic E-state index is 11.3. The first-order valence-electron chi connectivity index (χ1n) is 5.91. The van der Waals surface area contributed by atoms with E-state index in [1.165, 1.54) is 0 Å². The molecule has 0 aliphatic rings. The fourth-order valence-electron chi connectivity index (χ4n) is 1.93. The zero-order chi connectivity index (χ0) is 15.4. The number of carboxylic acids is 1. The first-order chi connectivity index (χ1) is 10.0. The highest BCUT2D eigenvalue weighted by Gasteiger charge is 2.20. The van der Waals surface area contributed by atoms with Gasteiger partial charge in [-0.3, -0.25) is 4.79 Å². The van der Waals surface area contributed by atoms with Crippen LogP contribution in [0.3, 0.4) is 0 Å². The first-order valence-corrected chi connectivity index (χ1v) is 6.67. The molecule has 2 aromatic rings. The minimum absolute atomic E-state index is 0.216. The van der Waals surface area contributed by atoms with Crippen LogP contribution in [0.2, 0.25) is 10.0 Å². The number of hydrogen-bond acceptors (Lipinski definition) is 3. The number of carbonyl (C=O) groups is 1. The zero-order valence-corrected chi connectivity index (χ0v) is 12.2. The SMILES string of the molecule is O=NN(c1ccccc1CC(=O)O)c1c(Cl)cccc1Cl. The van der Waals surface area contributed by atoms with Crippen molar-refractivity contribution in [1.82, 2.24) is 0 Å². The third kappa shape index (κ3) is 3.32. The second-order valence-corrected chi connectivity index (χ2v) is 4.98. The molecule has 0 aliphatic carbocycles. The van der Waals surface area contributed by atoms with Gasteiger partial charge in [0.15, 0.2) is 0 Å². The van der Waals surface area contributed by atoms with E-state index in [-0.39, 0.29) is 22.2 Å². The summed E-state index contributed by atoms with van der Waals surface area (Å²) in [6.07, 6.45) is -0.246. The van der Waals surface area contributed by atoms with Gasteiger partial charge in [-0.2, -0.15) is 5.01 Å². The fraction of sp³-hybridized carbons (Fsp3) is 0.0714. The van der Waals surface area contributed by atoms with Gasteiger partial charge in [0.05, 0.1) is 27.4 Å². The number of aliphatic carboxylic acids is 1. The molecule has 0 fully saturated rings. The van der Waals surface area contributed by atoms with Crippen LogP contribution in [0.4, 0.5) is 11.4 Å². The molecule has 2 rings (SSSR count). The average molecular weight is 325 g/mol. The number of hydrogen-bond donors (Lipinski definition) is 1. The molecule has 5 nitrogen and oxygen atoms in total. The summed E-state index contributed by atoms with van der Waals surface area (Å²) in [4.78, 5) is 22.2. The van der Waals surface area contributed by atoms with Crippen molar-refractivity contribution in [2.45, 2.75) is 6.42 Å². The normalized spacial score (nSPS) is 10.2. The monoisotopic (exact) mass is 324 g/mol. The summed E-state index contributed by atoms with van der Waals surface area (Å²) >= 11 is 12.1. The number of nitroso groups, excluding NO2 is 1. The Morgan fingerprint density at radius 1 is 1.10 bits per heavy atom. The maximum Gasteiger partial charge on any atom is 0.307 e. The van der Waals surface area contributed by atoms with Crippen molar-refractivity contribution in [3.63, 3.8) is 0 Å². The van der Waals surface area contributed by atoms with Gasteiger partial charge in [0, 0.05) is 0 Å². The Hall–Kier alpha value is -2.11. The number of para-hydroxylation sites is 2. The molecule has 2 aromatic carbocycles. The predicted octanol–water partition coefficient (Wildman–Crippen LogP) is 4.44. The molecule has 0 bridgehead atoms. The largest absolute Gasteiger partial charge is 0.481 e. The number of nitrogens with zero attached hydrogens (tertiary/aromatic N) is 2. The third-order valence-electron chi connectivity index (χ3n) is 2.79. The minimum Gasteiger partial charge on any atom is -0.481 e. The van der Waals surface area contributed by atoms with Crippen LogP contribution in [0.1, 0.15) is 5.56 Å². The molecule has 0 saturated heterocycles. The highest BCUT2D eigenvalue weighted by atomic mass is 35.5. The topological polar surface area (TPSA) is 70.0 Å². The van der Waals surface area contributed by atoms with Crippen LogP contribution >= 0.6 is 23.2 Å². The lowest BCUT2D eigenvalue weighted by molar-refractivity contribution is -0.136. The molecule has 0 heterocycles. The Labute approximate surface area is 130 Å². The summed E-state index contributed by atoms with van der Waals surface area (Å²) in [7, 11) is 0. The van der Waals surface area contributed by atoms with E-state index in [1.807, 2.05) is 0 Å². The summed E-state index contributed by atoms with van der Waals surface area (Å²) in [5.74, 6) is -1.02. The summed E-state index contributed by atoms with van der Waals surface area (Å²) < 4.78 is 0. The van der Waals surface area contributed by atoms with Crippen molar-refractivity contribution < 1.29 is 9.90 Å². The van der Waals surface area contributed by atoms with Crippen LogP contribution in [0, 0.1) is 4.91 Å². The highest BCUT2D eigenvalue weighted by molar-refractivity contribution is 6.39. The number of halogens is 2. The molecule has 0 spiro atoms. The molecule has 0 atom stereocenters. The Morgan fingerprint density at radius 3 is 2.29 bits per heavy atom. The van der Waals surface area contributed by atoms with Gasteiger partial charge in [0.25, 0.3) is 0 Å². The van der Waals surface area contributed by atoms with Crippen molar-refractivity contribution >= 4 is 40.5 Å². The standard InChI is InChI=1S/C14H10Cl2N2O3/c15-10-5-3-6-11(16)14(10)18(17-21)12-7-2-1-4-9(12)8-13(19)20/h1-7H,8H2,(H,19,20). The minimum atomic E-state index is -1.02. The van der Waals surface area contributed by atoms with Crippen molar-refractivity contribution in [1.29, 1.82) is 0 Å². The smallest absolute Gasteiger partial charge is 0.307 e. The van der Waals surface area contributed by atoms with E-state index in [2.05, 4.69) is 5.29 Å². The summed E-state index contributed by atoms with van der Waals surface area (Å²) in [6.45, 7) is 0. The van der Waals surface area contributed by atoms with Crippen LogP contribution in [-0.4, -0.2) is 11.1 Å². The lowest BCUT2D eigenvalue weighted by atomic mass is 10.1. The van der Waals surface area contributed by atoms with Gasteiger partial charge in [0.2, 0.25) is 0 Å². The van der Waals surface area contributed by atoms with E-state index in [9.17, 15) is 9.70 Å². The number of rotatable bonds is 5. The van der Waals surface area contributed by atoms with Crippen molar-refractivity contribution in [2.75, 3.05) is 5.01 Å². The van der Waals surface area contributed by atoms with Gasteiger partial charge in [-0.05, 0) is 23.8 Å². The molecule has 0 unspecified atom stereocenters. The molecule has 0 radical (unpaired) electrons. The van der Waals surface area contributed by atoms with E-state index in [0.717, 1.165) is 5.01 Å². The fourth-order valence-corrected chi connectivity index (χ4v) is 2.48. The zero-order valence-electron chi connectivity index (χ0n) is 10.7. The van der Waals surface area contributed by atoms with Gasteiger partial charge in [0.1, 0.15) is 5.69 Å². The Morgan fingerprint density at radius 2 is 1.71 bits per heavy atom. The Bertz CT molecular complexity index is 671. The van der Waals surface area contributed by atoms with Gasteiger partial charge in [-0.25, -0.2) is 0 Å². The molecule has 0 amide bonds. The maximum atomic E-state index is 11.3. The summed E-state index contributed by atoms with van der Waals surface area (Å²) in [6, 6.07) is 11.3. The quantitative estimate of drug-likeness (QED) is 0.652. The number of carboxylic acid groups (broad SMARTS) is 1. The number of anilines is 2. The third-order valence-corrected chi connectivity index (χ3v) is 3.40. The molecule has 7 heteroatoms. The molecule has 0 aliphatic heterocycles. The average Bonchev–Trinajstić information content (AvgIpc) is 2.43. The van der Waals surface area contributed by atoms with Crippen molar-refractivity contribution in [2.24, 2.45) is 5.29 Å². The lowest BCUT2D eigenvalue weighted by Gasteiger charge is -2.20. The van der Waals surface area contributed by atoms with E-state index in [1.54, 1.807) is 42.5 Å². The van der Waals surface area contributed by atoms with Crippen LogP contribution in [0.15, 0.2) is 47.8 Å². The van der Waals surface area contributed by atoms with Gasteiger partial charge in [-0.15, -0.1) is 4.91 Å². The van der Waals surface area contributed by atoms with E-state index in [4.69, 9.17) is 28.3 Å². The predicted molar refractivity (Wildman–Crippen MR) is 82.2 cm³/mol. The molecule has 0 saturated carbocycles. The van der Waals surface area contributed by atoms with Crippen LogP contribution in [0.25, 0.3) is 0 Å². The second-order valence-electron chi connectivity index (χ2n) is 4.16. The Kier molecular flexibility index (Phi) is 4.77. The molecular formula is C14H10Cl2N2O3. The summed E-state index contributed by atoms with van der Waals surface area (Å²) in [5, 5.41) is 13.4. The summed E-state index contributed by atoms with van der Waals surface area (Å²) in [5.41, 5.74) is 0.971. The highest BCUT2D eigenvalue weighted by Crippen LogP contribution is 2.39. The van der Waals surface area contributed by atoms with Crippen molar-refractivity contribution in [3.8, 4) is 0 Å². The van der Waals surface area contributed by atoms with Crippen LogP contribution in [0.5, 0.6) is 0 Å². The van der Waals surface area contributed by atoms with Crippen LogP contribution in [-0.2, 0) is 11.2 Å². The van der Waals surface area contributed by atoms with E-state index >= 15 is 0 Å². The van der Waals surface area contributed by atoms with Gasteiger partial charge >= 0.3 is 5.97 Å². The van der Waals surface area contributed by atoms with E-state index < -0.39 is 5.97 Å². The molecule has 21 heavy (non-hydrogen) atoms. The molecule has 108 valence electrons. The van der Waals surface area contributed by atoms with Crippen LogP contribution < -0.4 is 5.01 Å².